The van der Waals surface area contributed by atoms with Gasteiger partial charge in [0.25, 0.3) is 0 Å². The van der Waals surface area contributed by atoms with E-state index in [0.717, 1.165) is 12.8 Å². The largest absolute Gasteiger partial charge is 0.0776 e. The van der Waals surface area contributed by atoms with Gasteiger partial charge >= 0.3 is 0 Å². The van der Waals surface area contributed by atoms with Crippen LogP contribution >= 0.6 is 0 Å². The summed E-state index contributed by atoms with van der Waals surface area (Å²) in [5.41, 5.74) is 0. The van der Waals surface area contributed by atoms with E-state index < -0.39 is 0 Å². The maximum atomic E-state index is 6.91. The first kappa shape index (κ1) is 6.00. The van der Waals surface area contributed by atoms with Crippen LogP contribution in [0, 0.1) is 0 Å². The summed E-state index contributed by atoms with van der Waals surface area (Å²) < 4.78 is 6.91. The van der Waals surface area contributed by atoms with Gasteiger partial charge in [0, 0.05) is 1.37 Å². The highest BCUT2D eigenvalue weighted by atomic mass is 14.0. The van der Waals surface area contributed by atoms with Crippen molar-refractivity contribution < 1.29 is 1.37 Å². The highest BCUT2D eigenvalue weighted by Gasteiger charge is 1.95. The molecule has 1 saturated carbocycles. The molecule has 0 heterocycles. The lowest BCUT2D eigenvalue weighted by atomic mass is 10.0. The van der Waals surface area contributed by atoms with Gasteiger partial charge < -0.3 is 0 Å². The summed E-state index contributed by atoms with van der Waals surface area (Å²) in [7, 11) is 0. The summed E-state index contributed by atoms with van der Waals surface area (Å²) in [6.45, 7) is 0. The fourth-order valence-corrected chi connectivity index (χ4v) is 0.204. The molecule has 0 radical (unpaired) electrons. The molecule has 0 spiro atoms. The van der Waals surface area contributed by atoms with Crippen LogP contribution in [0.2, 0.25) is 0 Å². The second-order valence-electron chi connectivity index (χ2n) is 1.22. The molecule has 0 aliphatic heterocycles. The lowest BCUT2D eigenvalue weighted by Gasteiger charge is -2.05. The van der Waals surface area contributed by atoms with Crippen molar-refractivity contribution in [1.29, 1.82) is 0 Å². The van der Waals surface area contributed by atoms with Gasteiger partial charge in [-0.15, -0.1) is 0 Å². The Morgan fingerprint density at radius 2 is 1.33 bits per heavy atom. The Hall–Kier alpha value is 0. The van der Waals surface area contributed by atoms with Crippen molar-refractivity contribution in [2.24, 2.45) is 0 Å². The van der Waals surface area contributed by atoms with Crippen LogP contribution in [-0.2, 0) is 0 Å². The predicted octanol–water partition coefficient (Wildman–Crippen LogP) is 2.83. The lowest BCUT2D eigenvalue weighted by molar-refractivity contribution is 0.504. The zero-order valence-corrected chi connectivity index (χ0v) is 2.70. The maximum absolute atomic E-state index is 6.91. The van der Waals surface area contributed by atoms with Crippen LogP contribution in [0.25, 0.3) is 0 Å². The molecule has 0 aromatic rings. The molecular formula is C6H16. The maximum Gasteiger partial charge on any atom is 0.0267 e. The third-order valence-corrected chi connectivity index (χ3v) is 0.816. The quantitative estimate of drug-likeness (QED) is 0.429. The van der Waals surface area contributed by atoms with Crippen LogP contribution < -0.4 is 0 Å². The van der Waals surface area contributed by atoms with Crippen molar-refractivity contribution in [1.82, 2.24) is 0 Å². The van der Waals surface area contributed by atoms with E-state index in [1.807, 2.05) is 0 Å². The van der Waals surface area contributed by atoms with E-state index in [4.69, 9.17) is 1.37 Å². The first-order valence-electron chi connectivity index (χ1n) is 2.39. The van der Waals surface area contributed by atoms with Crippen molar-refractivity contribution in [2.45, 2.75) is 40.5 Å². The molecule has 0 atom stereocenters. The Morgan fingerprint density at radius 1 is 1.00 bits per heavy atom. The minimum Gasteiger partial charge on any atom is -0.0776 e. The number of rotatable bonds is 0. The van der Waals surface area contributed by atoms with Gasteiger partial charge in [-0.2, -0.15) is 0 Å². The van der Waals surface area contributed by atoms with Gasteiger partial charge in [0.2, 0.25) is 0 Å². The van der Waals surface area contributed by atoms with Gasteiger partial charge in [0.05, 0.1) is 0 Å². The van der Waals surface area contributed by atoms with E-state index in [2.05, 4.69) is 0 Å². The Balaban J connectivity index is 0. The monoisotopic (exact) mass is 90.1 g/mol. The van der Waals surface area contributed by atoms with Crippen molar-refractivity contribution in [3.8, 4) is 0 Å². The molecule has 1 fully saturated rings. The van der Waals surface area contributed by atoms with Crippen molar-refractivity contribution >= 4 is 0 Å². The third-order valence-electron chi connectivity index (χ3n) is 0.816. The highest BCUT2D eigenvalue weighted by molar-refractivity contribution is 4.50. The molecule has 0 bridgehead atoms. The molecule has 0 nitrogen and oxygen atoms in total. The van der Waals surface area contributed by atoms with Crippen molar-refractivity contribution in [3.63, 3.8) is 0 Å². The summed E-state index contributed by atoms with van der Waals surface area (Å²) in [6.07, 6.45) is 3.92. The topological polar surface area (TPSA) is 0 Å². The summed E-state index contributed by atoms with van der Waals surface area (Å²) in [6, 6.07) is 0. The van der Waals surface area contributed by atoms with Gasteiger partial charge in [-0.05, 0) is 0 Å². The van der Waals surface area contributed by atoms with Crippen molar-refractivity contribution in [3.05, 3.63) is 0 Å². The van der Waals surface area contributed by atoms with Gasteiger partial charge in [0.15, 0.2) is 0 Å². The molecule has 40 valence electrons. The van der Waals surface area contributed by atoms with Crippen LogP contribution in [0.15, 0.2) is 0 Å². The fourth-order valence-electron chi connectivity index (χ4n) is 0.204. The smallest absolute Gasteiger partial charge is 0.0267 e. The van der Waals surface area contributed by atoms with Crippen molar-refractivity contribution in [2.75, 3.05) is 0 Å². The zero-order chi connectivity index (χ0) is 3.70. The standard InChI is InChI=1S/C4H8.2CH4/c1-2-4-3-1;;/h1-4H2;2*1H4/i1T;;. The zero-order valence-electron chi connectivity index (χ0n) is 3.70. The summed E-state index contributed by atoms with van der Waals surface area (Å²) in [4.78, 5) is 0. The minimum absolute atomic E-state index is 0. The predicted molar refractivity (Wildman–Crippen MR) is 31.9 cm³/mol. The van der Waals surface area contributed by atoms with Crippen LogP contribution in [-0.4, -0.2) is 0 Å². The van der Waals surface area contributed by atoms with Gasteiger partial charge in [-0.25, -0.2) is 0 Å². The molecule has 0 aromatic heterocycles. The first-order chi connectivity index (χ1) is 2.39. The average molecular weight is 90.2 g/mol. The highest BCUT2D eigenvalue weighted by Crippen LogP contribution is 2.15. The second-order valence-corrected chi connectivity index (χ2v) is 1.22. The van der Waals surface area contributed by atoms with Crippen LogP contribution in [0.3, 0.4) is 0 Å². The van der Waals surface area contributed by atoms with E-state index in [0.29, 0.717) is 6.40 Å². The molecule has 0 unspecified atom stereocenters. The second kappa shape index (κ2) is 5.00. The van der Waals surface area contributed by atoms with Crippen LogP contribution in [0.5, 0.6) is 0 Å². The first-order valence-corrected chi connectivity index (χ1v) is 1.82. The van der Waals surface area contributed by atoms with Gasteiger partial charge in [-0.3, -0.25) is 0 Å². The third kappa shape index (κ3) is 2.25. The van der Waals surface area contributed by atoms with Crippen LogP contribution in [0.4, 0.5) is 0 Å². The molecular weight excluding hydrogens is 72.1 g/mol. The molecule has 1 rings (SSSR count). The lowest BCUT2D eigenvalue weighted by Crippen LogP contribution is -1.85. The number of hydrogen-bond donors (Lipinski definition) is 0. The Kier molecular flexibility index (Phi) is 5.00. The minimum atomic E-state index is 0. The fraction of sp³-hybridized carbons (Fsp3) is 1.00. The SMILES string of the molecule is C.C.[3H]C1CCC1. The van der Waals surface area contributed by atoms with E-state index in [-0.39, 0.29) is 14.9 Å². The Labute approximate surface area is 43.0 Å². The molecule has 0 aromatic carbocycles. The van der Waals surface area contributed by atoms with Crippen LogP contribution in [0.1, 0.15) is 41.9 Å². The molecule has 6 heavy (non-hydrogen) atoms. The summed E-state index contributed by atoms with van der Waals surface area (Å²) in [5, 5.41) is 0. The van der Waals surface area contributed by atoms with E-state index >= 15 is 0 Å². The average Bonchev–Trinajstić information content (AvgIpc) is 1.30. The van der Waals surface area contributed by atoms with E-state index in [1.165, 1.54) is 6.42 Å². The molecule has 0 N–H and O–H groups in total. The van der Waals surface area contributed by atoms with E-state index in [9.17, 15) is 0 Å². The van der Waals surface area contributed by atoms with Gasteiger partial charge in [-0.1, -0.05) is 40.5 Å². The Morgan fingerprint density at radius 3 is 1.33 bits per heavy atom. The summed E-state index contributed by atoms with van der Waals surface area (Å²) >= 11 is 0. The Bertz CT molecular complexity index is 31.2. The number of hydrogen-bond acceptors (Lipinski definition) is 0. The molecule has 1 aliphatic rings. The summed E-state index contributed by atoms with van der Waals surface area (Å²) in [5.74, 6) is 0. The molecule has 1 aliphatic carbocycles. The van der Waals surface area contributed by atoms with Gasteiger partial charge in [0.1, 0.15) is 0 Å². The molecule has 0 amide bonds. The molecule has 0 saturated heterocycles. The molecule has 0 heteroatoms. The normalized spacial score (nSPS) is 21.7. The van der Waals surface area contributed by atoms with E-state index in [1.54, 1.807) is 0 Å².